The van der Waals surface area contributed by atoms with Crippen molar-refractivity contribution >= 4 is 17.6 Å². The van der Waals surface area contributed by atoms with Crippen LogP contribution in [0.4, 0.5) is 0 Å². The fraction of sp³-hybridized carbons (Fsp3) is 0.400. The molecule has 0 saturated heterocycles. The van der Waals surface area contributed by atoms with Crippen LogP contribution in [0.25, 0.3) is 6.08 Å². The molecule has 1 aromatic carbocycles. The predicted octanol–water partition coefficient (Wildman–Crippen LogP) is 5.25. The summed E-state index contributed by atoms with van der Waals surface area (Å²) in [6.45, 7) is 4.18. The molecular weight excluding hydrogens is 346 g/mol. The van der Waals surface area contributed by atoms with Gasteiger partial charge in [-0.05, 0) is 66.3 Å². The molecule has 2 aromatic rings. The van der Waals surface area contributed by atoms with E-state index >= 15 is 0 Å². The van der Waals surface area contributed by atoms with Crippen LogP contribution in [0.1, 0.15) is 71.8 Å². The van der Waals surface area contributed by atoms with E-state index in [9.17, 15) is 9.59 Å². The average Bonchev–Trinajstić information content (AvgIpc) is 2.86. The number of carbonyl (C=O) groups is 2. The number of pyridine rings is 1. The summed E-state index contributed by atoms with van der Waals surface area (Å²) in [7, 11) is 0. The average molecular weight is 373 g/mol. The molecule has 144 valence electrons. The van der Waals surface area contributed by atoms with Crippen molar-refractivity contribution in [3.63, 3.8) is 0 Å². The Balaban J connectivity index is 1.68. The molecule has 2 aliphatic rings. The van der Waals surface area contributed by atoms with Crippen molar-refractivity contribution in [1.82, 2.24) is 4.98 Å². The SMILES string of the molecule is CC[C@@]12CCC(=O)C[C@@H]1CC=Cc1cc(C(=O)Cc3cccnc3C)ccc12. The minimum absolute atomic E-state index is 0.0499. The van der Waals surface area contributed by atoms with Gasteiger partial charge in [-0.2, -0.15) is 0 Å². The normalized spacial score (nSPS) is 23.6. The Morgan fingerprint density at radius 1 is 1.29 bits per heavy atom. The van der Waals surface area contributed by atoms with E-state index in [4.69, 9.17) is 0 Å². The number of nitrogens with zero attached hydrogens (tertiary/aromatic N) is 1. The Kier molecular flexibility index (Phi) is 5.01. The summed E-state index contributed by atoms with van der Waals surface area (Å²) in [6, 6.07) is 10.0. The van der Waals surface area contributed by atoms with E-state index in [2.05, 4.69) is 36.2 Å². The first-order valence-corrected chi connectivity index (χ1v) is 10.3. The lowest BCUT2D eigenvalue weighted by Gasteiger charge is -2.43. The summed E-state index contributed by atoms with van der Waals surface area (Å²) in [5.74, 6) is 0.887. The molecule has 2 aliphatic carbocycles. The van der Waals surface area contributed by atoms with Gasteiger partial charge in [0.2, 0.25) is 0 Å². The molecule has 1 aromatic heterocycles. The molecule has 1 fully saturated rings. The molecule has 4 rings (SSSR count). The second-order valence-corrected chi connectivity index (χ2v) is 8.24. The summed E-state index contributed by atoms with van der Waals surface area (Å²) < 4.78 is 0. The molecule has 1 heterocycles. The molecule has 0 spiro atoms. The number of Topliss-reactive ketones (excluding diaryl/α,β-unsaturated/α-hetero) is 2. The van der Waals surface area contributed by atoms with Crippen molar-refractivity contribution in [2.45, 2.75) is 57.8 Å². The molecular formula is C25H27NO2. The minimum Gasteiger partial charge on any atom is -0.300 e. The maximum atomic E-state index is 12.9. The highest BCUT2D eigenvalue weighted by atomic mass is 16.1. The lowest BCUT2D eigenvalue weighted by molar-refractivity contribution is -0.123. The Morgan fingerprint density at radius 2 is 2.14 bits per heavy atom. The van der Waals surface area contributed by atoms with Crippen LogP contribution < -0.4 is 0 Å². The molecule has 0 N–H and O–H groups in total. The molecule has 3 nitrogen and oxygen atoms in total. The highest BCUT2D eigenvalue weighted by Crippen LogP contribution is 2.49. The summed E-state index contributed by atoms with van der Waals surface area (Å²) in [4.78, 5) is 29.3. The number of allylic oxidation sites excluding steroid dienone is 1. The van der Waals surface area contributed by atoms with E-state index in [1.807, 2.05) is 25.1 Å². The monoisotopic (exact) mass is 373 g/mol. The zero-order valence-electron chi connectivity index (χ0n) is 16.7. The van der Waals surface area contributed by atoms with Gasteiger partial charge in [0.1, 0.15) is 5.78 Å². The number of benzene rings is 1. The maximum Gasteiger partial charge on any atom is 0.167 e. The Bertz CT molecular complexity index is 959. The third-order valence-corrected chi connectivity index (χ3v) is 6.83. The number of hydrogen-bond acceptors (Lipinski definition) is 3. The van der Waals surface area contributed by atoms with Crippen LogP contribution in [-0.4, -0.2) is 16.6 Å². The van der Waals surface area contributed by atoms with Gasteiger partial charge in [0.25, 0.3) is 0 Å². The fourth-order valence-electron chi connectivity index (χ4n) is 5.12. The van der Waals surface area contributed by atoms with E-state index in [0.29, 0.717) is 31.0 Å². The predicted molar refractivity (Wildman–Crippen MR) is 111 cm³/mol. The van der Waals surface area contributed by atoms with Gasteiger partial charge in [-0.25, -0.2) is 0 Å². The first kappa shape index (κ1) is 18.8. The third kappa shape index (κ3) is 3.23. The van der Waals surface area contributed by atoms with Crippen molar-refractivity contribution in [2.75, 3.05) is 0 Å². The zero-order chi connectivity index (χ0) is 19.7. The lowest BCUT2D eigenvalue weighted by atomic mass is 9.60. The second kappa shape index (κ2) is 7.46. The summed E-state index contributed by atoms with van der Waals surface area (Å²) in [5, 5.41) is 0. The first-order chi connectivity index (χ1) is 13.5. The van der Waals surface area contributed by atoms with E-state index in [-0.39, 0.29) is 11.2 Å². The van der Waals surface area contributed by atoms with Gasteiger partial charge in [0.05, 0.1) is 0 Å². The van der Waals surface area contributed by atoms with Crippen LogP contribution in [0.15, 0.2) is 42.6 Å². The lowest BCUT2D eigenvalue weighted by Crippen LogP contribution is -2.40. The highest BCUT2D eigenvalue weighted by molar-refractivity contribution is 5.98. The molecule has 2 atom stereocenters. The van der Waals surface area contributed by atoms with Crippen LogP contribution >= 0.6 is 0 Å². The van der Waals surface area contributed by atoms with Crippen molar-refractivity contribution in [3.8, 4) is 0 Å². The standard InChI is InChI=1S/C25H27NO2/c1-3-25-12-11-22(27)16-21(25)8-4-6-19-14-20(9-10-23(19)25)24(28)15-18-7-5-13-26-17(18)2/h4-7,9-10,13-14,21H,3,8,11-12,15-16H2,1-2H3/t21-,25+/m0/s1. The van der Waals surface area contributed by atoms with Gasteiger partial charge in [-0.3, -0.25) is 14.6 Å². The van der Waals surface area contributed by atoms with E-state index in [0.717, 1.165) is 41.6 Å². The molecule has 1 saturated carbocycles. The van der Waals surface area contributed by atoms with Crippen LogP contribution in [0.5, 0.6) is 0 Å². The van der Waals surface area contributed by atoms with Gasteiger partial charge in [0, 0.05) is 36.7 Å². The maximum absolute atomic E-state index is 12.9. The van der Waals surface area contributed by atoms with Gasteiger partial charge < -0.3 is 0 Å². The Hall–Kier alpha value is -2.55. The summed E-state index contributed by atoms with van der Waals surface area (Å²) in [5.41, 5.74) is 5.15. The van der Waals surface area contributed by atoms with Crippen molar-refractivity contribution in [1.29, 1.82) is 0 Å². The molecule has 0 aliphatic heterocycles. The number of aryl methyl sites for hydroxylation is 1. The largest absolute Gasteiger partial charge is 0.300 e. The molecule has 0 amide bonds. The van der Waals surface area contributed by atoms with E-state index in [1.54, 1.807) is 6.20 Å². The zero-order valence-corrected chi connectivity index (χ0v) is 16.7. The number of rotatable bonds is 4. The molecule has 0 unspecified atom stereocenters. The Labute approximate surface area is 166 Å². The number of hydrogen-bond donors (Lipinski definition) is 0. The second-order valence-electron chi connectivity index (χ2n) is 8.24. The number of carbonyl (C=O) groups excluding carboxylic acids is 2. The van der Waals surface area contributed by atoms with Crippen LogP contribution in [0.3, 0.4) is 0 Å². The first-order valence-electron chi connectivity index (χ1n) is 10.3. The quantitative estimate of drug-likeness (QED) is 0.688. The topological polar surface area (TPSA) is 47.0 Å². The van der Waals surface area contributed by atoms with E-state index in [1.165, 1.54) is 5.56 Å². The number of aromatic nitrogens is 1. The third-order valence-electron chi connectivity index (χ3n) is 6.83. The van der Waals surface area contributed by atoms with Crippen molar-refractivity contribution in [2.24, 2.45) is 5.92 Å². The number of ketones is 2. The number of fused-ring (bicyclic) bond motifs is 3. The minimum atomic E-state index is 0.0499. The van der Waals surface area contributed by atoms with Gasteiger partial charge in [0.15, 0.2) is 5.78 Å². The van der Waals surface area contributed by atoms with Crippen molar-refractivity contribution in [3.05, 3.63) is 70.6 Å². The smallest absolute Gasteiger partial charge is 0.167 e. The van der Waals surface area contributed by atoms with Gasteiger partial charge >= 0.3 is 0 Å². The molecule has 0 bridgehead atoms. The molecule has 28 heavy (non-hydrogen) atoms. The summed E-state index contributed by atoms with van der Waals surface area (Å²) >= 11 is 0. The highest BCUT2D eigenvalue weighted by Gasteiger charge is 2.44. The van der Waals surface area contributed by atoms with Crippen LogP contribution in [-0.2, 0) is 16.6 Å². The van der Waals surface area contributed by atoms with Gasteiger partial charge in [-0.1, -0.05) is 37.3 Å². The summed E-state index contributed by atoms with van der Waals surface area (Å²) in [6.07, 6.45) is 10.7. The van der Waals surface area contributed by atoms with Crippen LogP contribution in [0.2, 0.25) is 0 Å². The van der Waals surface area contributed by atoms with Gasteiger partial charge in [-0.15, -0.1) is 0 Å². The Morgan fingerprint density at radius 3 is 2.93 bits per heavy atom. The van der Waals surface area contributed by atoms with Crippen LogP contribution in [0, 0.1) is 12.8 Å². The molecule has 3 heteroatoms. The fourth-order valence-corrected chi connectivity index (χ4v) is 5.12. The van der Waals surface area contributed by atoms with E-state index < -0.39 is 0 Å². The van der Waals surface area contributed by atoms with Crippen molar-refractivity contribution < 1.29 is 9.59 Å². The molecule has 0 radical (unpaired) electrons.